The zero-order chi connectivity index (χ0) is 13.0. The Hall–Kier alpha value is -1.06. The van der Waals surface area contributed by atoms with Gasteiger partial charge in [-0.3, -0.25) is 4.90 Å². The Morgan fingerprint density at radius 2 is 2.06 bits per heavy atom. The van der Waals surface area contributed by atoms with Crippen molar-refractivity contribution in [2.75, 3.05) is 33.3 Å². The summed E-state index contributed by atoms with van der Waals surface area (Å²) < 4.78 is 5.53. The number of hydrogen-bond donors (Lipinski definition) is 1. The van der Waals surface area contributed by atoms with E-state index in [4.69, 9.17) is 4.74 Å². The van der Waals surface area contributed by atoms with Gasteiger partial charge in [0.25, 0.3) is 0 Å². The van der Waals surface area contributed by atoms with Crippen LogP contribution < -0.4 is 10.1 Å². The highest BCUT2D eigenvalue weighted by Crippen LogP contribution is 2.32. The van der Waals surface area contributed by atoms with Gasteiger partial charge in [0.15, 0.2) is 0 Å². The molecule has 0 aromatic heterocycles. The van der Waals surface area contributed by atoms with Crippen LogP contribution in [0.5, 0.6) is 5.75 Å². The fourth-order valence-electron chi connectivity index (χ4n) is 2.78. The first kappa shape index (κ1) is 13.4. The normalized spacial score (nSPS) is 18.6. The number of nitrogens with zero attached hydrogens (tertiary/aromatic N) is 1. The largest absolute Gasteiger partial charge is 0.496 e. The summed E-state index contributed by atoms with van der Waals surface area (Å²) in [5.41, 5.74) is 2.64. The van der Waals surface area contributed by atoms with Crippen molar-refractivity contribution in [2.45, 2.75) is 26.3 Å². The van der Waals surface area contributed by atoms with Gasteiger partial charge in [0, 0.05) is 37.8 Å². The average molecular weight is 248 g/mol. The molecule has 0 aliphatic carbocycles. The van der Waals surface area contributed by atoms with Gasteiger partial charge in [-0.2, -0.15) is 0 Å². The standard InChI is InChI=1S/C15H24N2O/c1-4-14(17-9-7-16-8-10-17)13-11-12(2)5-6-15(13)18-3/h5-6,11,14,16H,4,7-10H2,1-3H3. The molecule has 1 fully saturated rings. The highest BCUT2D eigenvalue weighted by atomic mass is 16.5. The minimum absolute atomic E-state index is 0.474. The second kappa shape index (κ2) is 6.21. The molecule has 1 unspecified atom stereocenters. The Balaban J connectivity index is 2.27. The maximum atomic E-state index is 5.53. The highest BCUT2D eigenvalue weighted by Gasteiger charge is 2.23. The molecule has 0 saturated carbocycles. The topological polar surface area (TPSA) is 24.5 Å². The molecule has 100 valence electrons. The fraction of sp³-hybridized carbons (Fsp3) is 0.600. The summed E-state index contributed by atoms with van der Waals surface area (Å²) in [5, 5.41) is 3.41. The van der Waals surface area contributed by atoms with E-state index in [1.165, 1.54) is 11.1 Å². The summed E-state index contributed by atoms with van der Waals surface area (Å²) in [6.07, 6.45) is 1.12. The second-order valence-electron chi connectivity index (χ2n) is 4.96. The Bertz CT molecular complexity index is 386. The first-order valence-electron chi connectivity index (χ1n) is 6.85. The molecular weight excluding hydrogens is 224 g/mol. The predicted octanol–water partition coefficient (Wildman–Crippen LogP) is 2.36. The summed E-state index contributed by atoms with van der Waals surface area (Å²) in [4.78, 5) is 2.56. The SMILES string of the molecule is CCC(c1cc(C)ccc1OC)N1CCNCC1. The lowest BCUT2D eigenvalue weighted by Gasteiger charge is -2.35. The van der Waals surface area contributed by atoms with Gasteiger partial charge >= 0.3 is 0 Å². The molecule has 1 N–H and O–H groups in total. The van der Waals surface area contributed by atoms with Crippen molar-refractivity contribution in [3.05, 3.63) is 29.3 Å². The Kier molecular flexibility index (Phi) is 4.61. The van der Waals surface area contributed by atoms with Gasteiger partial charge < -0.3 is 10.1 Å². The summed E-state index contributed by atoms with van der Waals surface area (Å²) in [6.45, 7) is 8.82. The lowest BCUT2D eigenvalue weighted by molar-refractivity contribution is 0.166. The van der Waals surface area contributed by atoms with Crippen molar-refractivity contribution in [3.63, 3.8) is 0 Å². The summed E-state index contributed by atoms with van der Waals surface area (Å²) in [6, 6.07) is 6.96. The van der Waals surface area contributed by atoms with Crippen molar-refractivity contribution in [1.82, 2.24) is 10.2 Å². The third kappa shape index (κ3) is 2.85. The first-order chi connectivity index (χ1) is 8.76. The Labute approximate surface area is 110 Å². The van der Waals surface area contributed by atoms with E-state index in [0.717, 1.165) is 38.3 Å². The van der Waals surface area contributed by atoms with E-state index < -0.39 is 0 Å². The van der Waals surface area contributed by atoms with Crippen molar-refractivity contribution >= 4 is 0 Å². The molecule has 18 heavy (non-hydrogen) atoms. The van der Waals surface area contributed by atoms with Crippen LogP contribution in [0.25, 0.3) is 0 Å². The molecule has 0 spiro atoms. The maximum absolute atomic E-state index is 5.53. The Morgan fingerprint density at radius 1 is 1.33 bits per heavy atom. The zero-order valence-corrected chi connectivity index (χ0v) is 11.7. The molecule has 3 heteroatoms. The molecule has 2 rings (SSSR count). The van der Waals surface area contributed by atoms with Gasteiger partial charge in [0.2, 0.25) is 0 Å². The third-order valence-electron chi connectivity index (χ3n) is 3.72. The van der Waals surface area contributed by atoms with Crippen LogP contribution in [-0.2, 0) is 0 Å². The van der Waals surface area contributed by atoms with Gasteiger partial charge in [0.05, 0.1) is 7.11 Å². The van der Waals surface area contributed by atoms with E-state index in [0.29, 0.717) is 6.04 Å². The highest BCUT2D eigenvalue weighted by molar-refractivity contribution is 5.39. The van der Waals surface area contributed by atoms with Gasteiger partial charge in [-0.25, -0.2) is 0 Å². The number of aryl methyl sites for hydroxylation is 1. The van der Waals surface area contributed by atoms with Gasteiger partial charge in [0.1, 0.15) is 5.75 Å². The lowest BCUT2D eigenvalue weighted by Crippen LogP contribution is -2.45. The van der Waals surface area contributed by atoms with E-state index in [9.17, 15) is 0 Å². The molecule has 0 radical (unpaired) electrons. The smallest absolute Gasteiger partial charge is 0.123 e. The number of methoxy groups -OCH3 is 1. The van der Waals surface area contributed by atoms with Gasteiger partial charge in [-0.1, -0.05) is 24.6 Å². The number of piperazine rings is 1. The van der Waals surface area contributed by atoms with E-state index in [2.05, 4.69) is 42.3 Å². The molecule has 0 amide bonds. The number of ether oxygens (including phenoxy) is 1. The summed E-state index contributed by atoms with van der Waals surface area (Å²) >= 11 is 0. The number of benzene rings is 1. The minimum atomic E-state index is 0.474. The van der Waals surface area contributed by atoms with Crippen molar-refractivity contribution < 1.29 is 4.74 Å². The molecule has 1 atom stereocenters. The van der Waals surface area contributed by atoms with Crippen LogP contribution in [0, 0.1) is 6.92 Å². The zero-order valence-electron chi connectivity index (χ0n) is 11.7. The molecule has 1 heterocycles. The predicted molar refractivity (Wildman–Crippen MR) is 75.2 cm³/mol. The molecular formula is C15H24N2O. The van der Waals surface area contributed by atoms with Crippen molar-refractivity contribution in [1.29, 1.82) is 0 Å². The number of hydrogen-bond acceptors (Lipinski definition) is 3. The molecule has 1 aromatic rings. The molecule has 1 saturated heterocycles. The quantitative estimate of drug-likeness (QED) is 0.885. The lowest BCUT2D eigenvalue weighted by atomic mass is 9.99. The summed E-state index contributed by atoms with van der Waals surface area (Å²) in [5.74, 6) is 1.02. The third-order valence-corrected chi connectivity index (χ3v) is 3.72. The van der Waals surface area contributed by atoms with Crippen LogP contribution in [0.1, 0.15) is 30.5 Å². The molecule has 0 bridgehead atoms. The van der Waals surface area contributed by atoms with Crippen LogP contribution in [-0.4, -0.2) is 38.2 Å². The average Bonchev–Trinajstić information content (AvgIpc) is 2.41. The van der Waals surface area contributed by atoms with E-state index >= 15 is 0 Å². The first-order valence-corrected chi connectivity index (χ1v) is 6.85. The Morgan fingerprint density at radius 3 is 2.67 bits per heavy atom. The van der Waals surface area contributed by atoms with E-state index in [-0.39, 0.29) is 0 Å². The van der Waals surface area contributed by atoms with Crippen LogP contribution in [0.2, 0.25) is 0 Å². The van der Waals surface area contributed by atoms with Crippen LogP contribution in [0.4, 0.5) is 0 Å². The summed E-state index contributed by atoms with van der Waals surface area (Å²) in [7, 11) is 1.76. The maximum Gasteiger partial charge on any atom is 0.123 e. The van der Waals surface area contributed by atoms with Crippen molar-refractivity contribution in [3.8, 4) is 5.75 Å². The molecule has 1 aliphatic heterocycles. The number of nitrogens with one attached hydrogen (secondary N) is 1. The van der Waals surface area contributed by atoms with Gasteiger partial charge in [-0.05, 0) is 19.4 Å². The van der Waals surface area contributed by atoms with Crippen LogP contribution >= 0.6 is 0 Å². The fourth-order valence-corrected chi connectivity index (χ4v) is 2.78. The number of rotatable bonds is 4. The molecule has 1 aliphatic rings. The van der Waals surface area contributed by atoms with E-state index in [1.807, 2.05) is 0 Å². The second-order valence-corrected chi connectivity index (χ2v) is 4.96. The molecule has 3 nitrogen and oxygen atoms in total. The van der Waals surface area contributed by atoms with Crippen LogP contribution in [0.15, 0.2) is 18.2 Å². The van der Waals surface area contributed by atoms with Crippen molar-refractivity contribution in [2.24, 2.45) is 0 Å². The van der Waals surface area contributed by atoms with E-state index in [1.54, 1.807) is 7.11 Å². The van der Waals surface area contributed by atoms with Gasteiger partial charge in [-0.15, -0.1) is 0 Å². The van der Waals surface area contributed by atoms with Crippen LogP contribution in [0.3, 0.4) is 0 Å². The monoisotopic (exact) mass is 248 g/mol. The minimum Gasteiger partial charge on any atom is -0.496 e. The molecule has 1 aromatic carbocycles.